The molecule has 24 heavy (non-hydrogen) atoms. The van der Waals surface area contributed by atoms with Crippen molar-refractivity contribution >= 4 is 17.2 Å². The number of rotatable bonds is 7. The van der Waals surface area contributed by atoms with E-state index in [4.69, 9.17) is 4.74 Å². The fraction of sp³-hybridized carbons (Fsp3) is 0.737. The maximum Gasteiger partial charge on any atom is 0.231 e. The number of hydrogen-bond acceptors (Lipinski definition) is 4. The van der Waals surface area contributed by atoms with Crippen LogP contribution in [0.2, 0.25) is 0 Å². The van der Waals surface area contributed by atoms with Gasteiger partial charge in [-0.15, -0.1) is 11.3 Å². The van der Waals surface area contributed by atoms with Crippen molar-refractivity contribution in [2.45, 2.75) is 43.9 Å². The summed E-state index contributed by atoms with van der Waals surface area (Å²) in [7, 11) is 1.76. The van der Waals surface area contributed by atoms with Gasteiger partial charge in [0.25, 0.3) is 0 Å². The van der Waals surface area contributed by atoms with E-state index in [1.165, 1.54) is 30.6 Å². The fourth-order valence-corrected chi connectivity index (χ4v) is 5.14. The molecule has 0 atom stereocenters. The Morgan fingerprint density at radius 1 is 1.38 bits per heavy atom. The van der Waals surface area contributed by atoms with Gasteiger partial charge in [-0.2, -0.15) is 0 Å². The van der Waals surface area contributed by atoms with Crippen LogP contribution in [-0.4, -0.2) is 50.7 Å². The van der Waals surface area contributed by atoms with Crippen molar-refractivity contribution < 1.29 is 9.53 Å². The Balaban J connectivity index is 1.49. The van der Waals surface area contributed by atoms with Crippen LogP contribution in [0.15, 0.2) is 17.5 Å². The molecule has 0 radical (unpaired) electrons. The second-order valence-corrected chi connectivity index (χ2v) is 8.20. The highest BCUT2D eigenvalue weighted by Gasteiger charge is 2.43. The van der Waals surface area contributed by atoms with Crippen molar-refractivity contribution in [3.8, 4) is 0 Å². The lowest BCUT2D eigenvalue weighted by Gasteiger charge is -2.33. The van der Waals surface area contributed by atoms with Gasteiger partial charge in [0.05, 0.1) is 12.0 Å². The minimum absolute atomic E-state index is 0.243. The third-order valence-electron chi connectivity index (χ3n) is 5.75. The van der Waals surface area contributed by atoms with E-state index in [0.717, 1.165) is 45.6 Å². The first-order chi connectivity index (χ1) is 11.7. The monoisotopic (exact) mass is 350 g/mol. The SMILES string of the molecule is COCCN1CCC(CNC(=O)C2(c3cccs3)CCCC2)CC1. The largest absolute Gasteiger partial charge is 0.383 e. The molecule has 0 spiro atoms. The Hall–Kier alpha value is -0.910. The molecule has 0 aromatic carbocycles. The molecule has 2 heterocycles. The Kier molecular flexibility index (Phi) is 6.31. The number of carbonyl (C=O) groups is 1. The molecule has 1 saturated heterocycles. The smallest absolute Gasteiger partial charge is 0.231 e. The summed E-state index contributed by atoms with van der Waals surface area (Å²) in [6, 6.07) is 4.22. The van der Waals surface area contributed by atoms with E-state index in [-0.39, 0.29) is 11.3 Å². The molecule has 1 aromatic heterocycles. The van der Waals surface area contributed by atoms with Crippen molar-refractivity contribution in [3.63, 3.8) is 0 Å². The van der Waals surface area contributed by atoms with Crippen LogP contribution >= 0.6 is 11.3 Å². The van der Waals surface area contributed by atoms with Crippen molar-refractivity contribution in [2.75, 3.05) is 39.9 Å². The van der Waals surface area contributed by atoms with Crippen LogP contribution in [0.1, 0.15) is 43.4 Å². The van der Waals surface area contributed by atoms with E-state index in [0.29, 0.717) is 5.92 Å². The highest BCUT2D eigenvalue weighted by molar-refractivity contribution is 7.10. The van der Waals surface area contributed by atoms with Crippen LogP contribution in [0.4, 0.5) is 0 Å². The van der Waals surface area contributed by atoms with Crippen molar-refractivity contribution in [3.05, 3.63) is 22.4 Å². The summed E-state index contributed by atoms with van der Waals surface area (Å²) in [5, 5.41) is 5.40. The summed E-state index contributed by atoms with van der Waals surface area (Å²) >= 11 is 1.74. The Morgan fingerprint density at radius 3 is 2.75 bits per heavy atom. The summed E-state index contributed by atoms with van der Waals surface area (Å²) in [6.07, 6.45) is 6.71. The lowest BCUT2D eigenvalue weighted by molar-refractivity contribution is -0.126. The summed E-state index contributed by atoms with van der Waals surface area (Å²) < 4.78 is 5.16. The standard InChI is InChI=1S/C19H30N2O2S/c1-23-13-12-21-10-6-16(7-11-21)15-20-18(22)19(8-2-3-9-19)17-5-4-14-24-17/h4-5,14,16H,2-3,6-13,15H2,1H3,(H,20,22). The molecule has 1 aromatic rings. The number of carbonyl (C=O) groups excluding carboxylic acids is 1. The zero-order valence-electron chi connectivity index (χ0n) is 14.8. The zero-order chi connectivity index (χ0) is 16.8. The highest BCUT2D eigenvalue weighted by atomic mass is 32.1. The number of nitrogens with zero attached hydrogens (tertiary/aromatic N) is 1. The Labute approximate surface area is 149 Å². The predicted octanol–water partition coefficient (Wildman–Crippen LogP) is 3.03. The van der Waals surface area contributed by atoms with Gasteiger partial charge in [-0.25, -0.2) is 0 Å². The molecule has 1 N–H and O–H groups in total. The first kappa shape index (κ1) is 17.9. The number of likely N-dealkylation sites (tertiary alicyclic amines) is 1. The number of piperidine rings is 1. The Morgan fingerprint density at radius 2 is 2.12 bits per heavy atom. The summed E-state index contributed by atoms with van der Waals surface area (Å²) in [6.45, 7) is 4.92. The van der Waals surface area contributed by atoms with Gasteiger partial charge in [0, 0.05) is 25.1 Å². The molecule has 4 nitrogen and oxygen atoms in total. The normalized spacial score (nSPS) is 21.9. The number of ether oxygens (including phenoxy) is 1. The number of thiophene rings is 1. The second kappa shape index (κ2) is 8.45. The average molecular weight is 351 g/mol. The van der Waals surface area contributed by atoms with E-state index in [1.54, 1.807) is 18.4 Å². The van der Waals surface area contributed by atoms with Gasteiger partial charge in [-0.3, -0.25) is 4.79 Å². The van der Waals surface area contributed by atoms with Crippen LogP contribution in [0, 0.1) is 5.92 Å². The van der Waals surface area contributed by atoms with E-state index < -0.39 is 0 Å². The van der Waals surface area contributed by atoms with Crippen LogP contribution in [0.25, 0.3) is 0 Å². The average Bonchev–Trinajstić information content (AvgIpc) is 3.30. The molecular formula is C19H30N2O2S. The second-order valence-electron chi connectivity index (χ2n) is 7.25. The lowest BCUT2D eigenvalue weighted by atomic mass is 9.83. The van der Waals surface area contributed by atoms with E-state index in [1.807, 2.05) is 0 Å². The molecule has 5 heteroatoms. The summed E-state index contributed by atoms with van der Waals surface area (Å²) in [5.74, 6) is 0.888. The van der Waals surface area contributed by atoms with Gasteiger partial charge in [0.15, 0.2) is 0 Å². The van der Waals surface area contributed by atoms with E-state index in [9.17, 15) is 4.79 Å². The van der Waals surface area contributed by atoms with Crippen LogP contribution in [0.3, 0.4) is 0 Å². The predicted molar refractivity (Wildman–Crippen MR) is 98.5 cm³/mol. The third kappa shape index (κ3) is 4.01. The molecule has 134 valence electrons. The number of methoxy groups -OCH3 is 1. The van der Waals surface area contributed by atoms with Crippen LogP contribution in [-0.2, 0) is 14.9 Å². The van der Waals surface area contributed by atoms with E-state index in [2.05, 4.69) is 27.7 Å². The topological polar surface area (TPSA) is 41.6 Å². The minimum atomic E-state index is -0.243. The van der Waals surface area contributed by atoms with Gasteiger partial charge in [-0.1, -0.05) is 18.9 Å². The fourth-order valence-electron chi connectivity index (χ4n) is 4.16. The number of amides is 1. The molecule has 1 aliphatic heterocycles. The van der Waals surface area contributed by atoms with Crippen molar-refractivity contribution in [2.24, 2.45) is 5.92 Å². The summed E-state index contributed by atoms with van der Waals surface area (Å²) in [4.78, 5) is 16.7. The Bertz CT molecular complexity index is 503. The highest BCUT2D eigenvalue weighted by Crippen LogP contribution is 2.43. The lowest BCUT2D eigenvalue weighted by Crippen LogP contribution is -2.45. The minimum Gasteiger partial charge on any atom is -0.383 e. The first-order valence-corrected chi connectivity index (χ1v) is 10.2. The maximum absolute atomic E-state index is 13.0. The molecule has 0 unspecified atom stereocenters. The van der Waals surface area contributed by atoms with Gasteiger partial charge >= 0.3 is 0 Å². The molecule has 1 saturated carbocycles. The number of nitrogens with one attached hydrogen (secondary N) is 1. The van der Waals surface area contributed by atoms with Crippen molar-refractivity contribution in [1.29, 1.82) is 0 Å². The van der Waals surface area contributed by atoms with Crippen LogP contribution < -0.4 is 5.32 Å². The molecule has 2 fully saturated rings. The maximum atomic E-state index is 13.0. The van der Waals surface area contributed by atoms with Gasteiger partial charge in [0.2, 0.25) is 5.91 Å². The molecule has 1 amide bonds. The quantitative estimate of drug-likeness (QED) is 0.822. The van der Waals surface area contributed by atoms with Gasteiger partial charge in [-0.05, 0) is 56.1 Å². The van der Waals surface area contributed by atoms with Gasteiger partial charge in [0.1, 0.15) is 0 Å². The molecule has 3 rings (SSSR count). The summed E-state index contributed by atoms with van der Waals surface area (Å²) in [5.41, 5.74) is -0.243. The molecule has 0 bridgehead atoms. The van der Waals surface area contributed by atoms with Crippen LogP contribution in [0.5, 0.6) is 0 Å². The number of hydrogen-bond donors (Lipinski definition) is 1. The molecular weight excluding hydrogens is 320 g/mol. The van der Waals surface area contributed by atoms with E-state index >= 15 is 0 Å². The molecule has 1 aliphatic carbocycles. The van der Waals surface area contributed by atoms with Gasteiger partial charge < -0.3 is 15.0 Å². The third-order valence-corrected chi connectivity index (χ3v) is 6.83. The first-order valence-electron chi connectivity index (χ1n) is 9.28. The molecule has 2 aliphatic rings. The van der Waals surface area contributed by atoms with Crippen molar-refractivity contribution in [1.82, 2.24) is 10.2 Å². The zero-order valence-corrected chi connectivity index (χ0v) is 15.6.